The summed E-state index contributed by atoms with van der Waals surface area (Å²) < 4.78 is 38.4. The molecule has 2 aromatic heterocycles. The van der Waals surface area contributed by atoms with Gasteiger partial charge in [-0.2, -0.15) is 13.2 Å². The molecule has 1 N–H and O–H groups in total. The smallest absolute Gasteiger partial charge is 0.373 e. The highest BCUT2D eigenvalue weighted by Gasteiger charge is 2.31. The lowest BCUT2D eigenvalue weighted by Crippen LogP contribution is -2.07. The minimum atomic E-state index is -4.40. The molecule has 100 valence electrons. The zero-order valence-corrected chi connectivity index (χ0v) is 10.4. The van der Waals surface area contributed by atoms with Gasteiger partial charge in [0.15, 0.2) is 0 Å². The molecule has 6 heteroatoms. The van der Waals surface area contributed by atoms with E-state index in [0.717, 1.165) is 17.8 Å². The summed E-state index contributed by atoms with van der Waals surface area (Å²) >= 11 is 0. The van der Waals surface area contributed by atoms with E-state index < -0.39 is 11.7 Å². The number of anilines is 1. The lowest BCUT2D eigenvalue weighted by atomic mass is 10.1. The van der Waals surface area contributed by atoms with Crippen LogP contribution in [0, 0.1) is 6.92 Å². The van der Waals surface area contributed by atoms with E-state index in [1.54, 1.807) is 12.1 Å². The second kappa shape index (κ2) is 4.87. The van der Waals surface area contributed by atoms with Gasteiger partial charge in [-0.05, 0) is 31.2 Å². The largest absolute Gasteiger partial charge is 0.416 e. The Morgan fingerprint density at radius 1 is 1.16 bits per heavy atom. The first-order chi connectivity index (χ1) is 8.90. The minimum Gasteiger partial charge on any atom is -0.373 e. The van der Waals surface area contributed by atoms with Crippen LogP contribution in [0.25, 0.3) is 11.3 Å². The fraction of sp³-hybridized carbons (Fsp3) is 0.231. The molecule has 2 heterocycles. The van der Waals surface area contributed by atoms with Crippen molar-refractivity contribution < 1.29 is 13.2 Å². The van der Waals surface area contributed by atoms with Gasteiger partial charge in [0, 0.05) is 24.5 Å². The van der Waals surface area contributed by atoms with Crippen molar-refractivity contribution in [1.29, 1.82) is 0 Å². The molecule has 0 saturated heterocycles. The van der Waals surface area contributed by atoms with Gasteiger partial charge in [0.25, 0.3) is 0 Å². The molecule has 0 radical (unpaired) electrons. The van der Waals surface area contributed by atoms with Gasteiger partial charge >= 0.3 is 6.18 Å². The molecule has 0 aliphatic carbocycles. The first-order valence-corrected chi connectivity index (χ1v) is 5.60. The summed E-state index contributed by atoms with van der Waals surface area (Å²) in [5.41, 5.74) is 0.854. The standard InChI is InChI=1S/C13H12F3N3/c1-8-3-4-9(7-18-8)11-5-10(13(14,15)16)6-12(17-2)19-11/h3-7H,1-2H3,(H,17,19). The average molecular weight is 267 g/mol. The Morgan fingerprint density at radius 2 is 1.89 bits per heavy atom. The topological polar surface area (TPSA) is 37.8 Å². The molecule has 0 unspecified atom stereocenters. The van der Waals surface area contributed by atoms with Crippen molar-refractivity contribution in [3.63, 3.8) is 0 Å². The lowest BCUT2D eigenvalue weighted by Gasteiger charge is -2.11. The second-order valence-electron chi connectivity index (χ2n) is 4.06. The maximum Gasteiger partial charge on any atom is 0.416 e. The zero-order valence-electron chi connectivity index (χ0n) is 10.4. The van der Waals surface area contributed by atoms with E-state index in [2.05, 4.69) is 15.3 Å². The van der Waals surface area contributed by atoms with Crippen LogP contribution in [0.2, 0.25) is 0 Å². The van der Waals surface area contributed by atoms with Crippen molar-refractivity contribution in [2.24, 2.45) is 0 Å². The number of rotatable bonds is 2. The van der Waals surface area contributed by atoms with Gasteiger partial charge in [-0.15, -0.1) is 0 Å². The zero-order chi connectivity index (χ0) is 14.0. The van der Waals surface area contributed by atoms with Gasteiger partial charge in [-0.3, -0.25) is 4.98 Å². The number of alkyl halides is 3. The molecule has 0 spiro atoms. The summed E-state index contributed by atoms with van der Waals surface area (Å²) in [6.45, 7) is 1.81. The molecule has 0 atom stereocenters. The quantitative estimate of drug-likeness (QED) is 0.904. The normalized spacial score (nSPS) is 11.4. The third-order valence-corrected chi connectivity index (χ3v) is 2.62. The van der Waals surface area contributed by atoms with Crippen LogP contribution in [0.5, 0.6) is 0 Å². The van der Waals surface area contributed by atoms with Crippen molar-refractivity contribution in [2.75, 3.05) is 12.4 Å². The summed E-state index contributed by atoms with van der Waals surface area (Å²) in [6.07, 6.45) is -2.89. The first-order valence-electron chi connectivity index (χ1n) is 5.60. The van der Waals surface area contributed by atoms with Crippen molar-refractivity contribution in [2.45, 2.75) is 13.1 Å². The number of hydrogen-bond acceptors (Lipinski definition) is 3. The highest BCUT2D eigenvalue weighted by Crippen LogP contribution is 2.33. The Bertz CT molecular complexity index is 577. The fourth-order valence-electron chi connectivity index (χ4n) is 1.59. The van der Waals surface area contributed by atoms with Crippen LogP contribution >= 0.6 is 0 Å². The van der Waals surface area contributed by atoms with Crippen molar-refractivity contribution in [3.8, 4) is 11.3 Å². The molecule has 0 saturated carbocycles. The Kier molecular flexibility index (Phi) is 3.42. The van der Waals surface area contributed by atoms with Gasteiger partial charge < -0.3 is 5.32 Å². The molecule has 0 bridgehead atoms. The van der Waals surface area contributed by atoms with Crippen LogP contribution in [-0.4, -0.2) is 17.0 Å². The summed E-state index contributed by atoms with van der Waals surface area (Å²) in [7, 11) is 1.53. The van der Waals surface area contributed by atoms with E-state index >= 15 is 0 Å². The maximum absolute atomic E-state index is 12.8. The van der Waals surface area contributed by atoms with E-state index in [4.69, 9.17) is 0 Å². The van der Waals surface area contributed by atoms with Crippen LogP contribution < -0.4 is 5.32 Å². The van der Waals surface area contributed by atoms with Crippen LogP contribution in [-0.2, 0) is 6.18 Å². The molecule has 0 amide bonds. The molecule has 3 nitrogen and oxygen atoms in total. The Labute approximate surface area is 108 Å². The average Bonchev–Trinajstić information content (AvgIpc) is 2.38. The van der Waals surface area contributed by atoms with E-state index in [1.165, 1.54) is 13.2 Å². The fourth-order valence-corrected chi connectivity index (χ4v) is 1.59. The summed E-state index contributed by atoms with van der Waals surface area (Å²) in [6, 6.07) is 5.43. The molecular formula is C13H12F3N3. The van der Waals surface area contributed by atoms with Crippen molar-refractivity contribution in [3.05, 3.63) is 41.7 Å². The van der Waals surface area contributed by atoms with Crippen molar-refractivity contribution >= 4 is 5.82 Å². The number of aryl methyl sites for hydroxylation is 1. The van der Waals surface area contributed by atoms with Gasteiger partial charge in [0.05, 0.1) is 11.3 Å². The number of aromatic nitrogens is 2. The number of hydrogen-bond donors (Lipinski definition) is 1. The third kappa shape index (κ3) is 3.01. The maximum atomic E-state index is 12.8. The molecule has 2 aromatic rings. The van der Waals surface area contributed by atoms with E-state index in [0.29, 0.717) is 5.56 Å². The van der Waals surface area contributed by atoms with E-state index in [1.807, 2.05) is 6.92 Å². The lowest BCUT2D eigenvalue weighted by molar-refractivity contribution is -0.137. The van der Waals surface area contributed by atoms with Gasteiger partial charge in [0.2, 0.25) is 0 Å². The monoisotopic (exact) mass is 267 g/mol. The van der Waals surface area contributed by atoms with E-state index in [9.17, 15) is 13.2 Å². The molecule has 19 heavy (non-hydrogen) atoms. The van der Waals surface area contributed by atoms with Crippen LogP contribution in [0.4, 0.5) is 19.0 Å². The van der Waals surface area contributed by atoms with E-state index in [-0.39, 0.29) is 11.5 Å². The number of halogens is 3. The molecule has 2 rings (SSSR count). The third-order valence-electron chi connectivity index (χ3n) is 2.62. The molecule has 0 aliphatic heterocycles. The Morgan fingerprint density at radius 3 is 2.42 bits per heavy atom. The van der Waals surface area contributed by atoms with Gasteiger partial charge in [0.1, 0.15) is 5.82 Å². The first kappa shape index (κ1) is 13.3. The molecule has 0 aliphatic rings. The second-order valence-corrected chi connectivity index (χ2v) is 4.06. The summed E-state index contributed by atoms with van der Waals surface area (Å²) in [4.78, 5) is 8.18. The molecule has 0 aromatic carbocycles. The predicted octanol–water partition coefficient (Wildman–Crippen LogP) is 3.51. The highest BCUT2D eigenvalue weighted by molar-refractivity contribution is 5.62. The molecular weight excluding hydrogens is 255 g/mol. The Balaban J connectivity index is 2.54. The SMILES string of the molecule is CNc1cc(C(F)(F)F)cc(-c2ccc(C)nc2)n1. The number of pyridine rings is 2. The Hall–Kier alpha value is -2.11. The van der Waals surface area contributed by atoms with Crippen molar-refractivity contribution in [1.82, 2.24) is 9.97 Å². The van der Waals surface area contributed by atoms with Crippen LogP contribution in [0.15, 0.2) is 30.5 Å². The summed E-state index contributed by atoms with van der Waals surface area (Å²) in [5, 5.41) is 2.63. The van der Waals surface area contributed by atoms with Gasteiger partial charge in [-0.25, -0.2) is 4.98 Å². The number of nitrogens with one attached hydrogen (secondary N) is 1. The number of nitrogens with zero attached hydrogens (tertiary/aromatic N) is 2. The minimum absolute atomic E-state index is 0.172. The predicted molar refractivity (Wildman–Crippen MR) is 66.8 cm³/mol. The van der Waals surface area contributed by atoms with Crippen LogP contribution in [0.3, 0.4) is 0 Å². The highest BCUT2D eigenvalue weighted by atomic mass is 19.4. The van der Waals surface area contributed by atoms with Gasteiger partial charge in [-0.1, -0.05) is 0 Å². The molecule has 0 fully saturated rings. The summed E-state index contributed by atoms with van der Waals surface area (Å²) in [5.74, 6) is 0.172. The van der Waals surface area contributed by atoms with Crippen LogP contribution in [0.1, 0.15) is 11.3 Å².